The van der Waals surface area contributed by atoms with E-state index in [0.717, 1.165) is 80.3 Å². The lowest BCUT2D eigenvalue weighted by molar-refractivity contribution is 0.0718. The molecule has 2 aliphatic rings. The number of carbonyl (C=O) groups excluding carboxylic acids is 1. The van der Waals surface area contributed by atoms with Gasteiger partial charge in [-0.15, -0.1) is 0 Å². The maximum absolute atomic E-state index is 13.7. The molecule has 0 radical (unpaired) electrons. The highest BCUT2D eigenvalue weighted by Crippen LogP contribution is 2.34. The Kier molecular flexibility index (Phi) is 7.74. The van der Waals surface area contributed by atoms with Gasteiger partial charge in [-0.25, -0.2) is 4.98 Å². The molecule has 3 aromatic rings. The third kappa shape index (κ3) is 4.91. The summed E-state index contributed by atoms with van der Waals surface area (Å²) in [4.78, 5) is 25.3. The fraction of sp³-hybridized carbons (Fsp3) is 0.552. The van der Waals surface area contributed by atoms with Gasteiger partial charge in [-0.3, -0.25) is 4.79 Å². The fourth-order valence-corrected chi connectivity index (χ4v) is 5.88. The molecule has 1 saturated heterocycles. The van der Waals surface area contributed by atoms with Crippen LogP contribution in [0.25, 0.3) is 5.65 Å². The Balaban J connectivity index is 1.61. The number of likely N-dealkylation sites (N-methyl/N-ethyl adjacent to an activating group) is 1. The maximum atomic E-state index is 13.7. The lowest BCUT2D eigenvalue weighted by Crippen LogP contribution is -2.32. The van der Waals surface area contributed by atoms with Gasteiger partial charge in [0.15, 0.2) is 5.65 Å². The molecule has 0 spiro atoms. The second-order valence-corrected chi connectivity index (χ2v) is 10.6. The van der Waals surface area contributed by atoms with Crippen molar-refractivity contribution in [3.63, 3.8) is 0 Å². The number of carbonyl (C=O) groups is 1. The van der Waals surface area contributed by atoms with Crippen LogP contribution in [0.2, 0.25) is 0 Å². The minimum absolute atomic E-state index is 0.0612. The molecule has 4 heterocycles. The number of nitrogens with one attached hydrogen (secondary N) is 1. The van der Waals surface area contributed by atoms with Crippen molar-refractivity contribution in [1.29, 1.82) is 0 Å². The van der Waals surface area contributed by atoms with Crippen LogP contribution in [0, 0.1) is 6.92 Å². The summed E-state index contributed by atoms with van der Waals surface area (Å²) < 4.78 is 8.08. The summed E-state index contributed by atoms with van der Waals surface area (Å²) in [6, 6.07) is 9.90. The first kappa shape index (κ1) is 26.3. The molecule has 1 amide bonds. The summed E-state index contributed by atoms with van der Waals surface area (Å²) in [6.45, 7) is 7.70. The molecule has 2 bridgehead atoms. The molecule has 1 aromatic carbocycles. The van der Waals surface area contributed by atoms with E-state index in [1.54, 1.807) is 4.90 Å². The smallest absolute Gasteiger partial charge is 0.257 e. The molecule has 38 heavy (non-hydrogen) atoms. The average molecular weight is 520 g/mol. The lowest BCUT2D eigenvalue weighted by Gasteiger charge is -2.27. The molecule has 9 nitrogen and oxygen atoms in total. The van der Waals surface area contributed by atoms with Crippen LogP contribution in [0.3, 0.4) is 0 Å². The predicted molar refractivity (Wildman–Crippen MR) is 152 cm³/mol. The molecule has 2 aromatic heterocycles. The Labute approximate surface area is 225 Å². The molecule has 5 rings (SSSR count). The quantitative estimate of drug-likeness (QED) is 0.559. The van der Waals surface area contributed by atoms with E-state index >= 15 is 0 Å². The van der Waals surface area contributed by atoms with Crippen LogP contribution < -0.4 is 19.9 Å². The second kappa shape index (κ2) is 11.2. The van der Waals surface area contributed by atoms with Crippen molar-refractivity contribution >= 4 is 23.2 Å². The van der Waals surface area contributed by atoms with Crippen molar-refractivity contribution in [3.8, 4) is 5.75 Å². The Bertz CT molecular complexity index is 1290. The summed E-state index contributed by atoms with van der Waals surface area (Å²) >= 11 is 0. The van der Waals surface area contributed by atoms with Gasteiger partial charge >= 0.3 is 0 Å². The number of benzene rings is 1. The van der Waals surface area contributed by atoms with Gasteiger partial charge in [0.05, 0.1) is 23.9 Å². The zero-order valence-corrected chi connectivity index (χ0v) is 23.4. The van der Waals surface area contributed by atoms with E-state index < -0.39 is 0 Å². The number of amides is 1. The van der Waals surface area contributed by atoms with Crippen LogP contribution in [-0.4, -0.2) is 78.8 Å². The molecule has 0 aliphatic carbocycles. The van der Waals surface area contributed by atoms with Crippen molar-refractivity contribution in [2.24, 2.45) is 0 Å². The van der Waals surface area contributed by atoms with E-state index in [4.69, 9.17) is 14.8 Å². The molecule has 9 heteroatoms. The van der Waals surface area contributed by atoms with Crippen LogP contribution in [0.15, 0.2) is 30.3 Å². The first-order valence-electron chi connectivity index (χ1n) is 14.0. The summed E-state index contributed by atoms with van der Waals surface area (Å²) in [5.41, 5.74) is 3.40. The number of fused-ring (bicyclic) bond motifs is 2. The molecule has 1 unspecified atom stereocenters. The maximum Gasteiger partial charge on any atom is 0.257 e. The SMILES string of the molecule is CCC1c2cc3nc(N4CC[C@H](NC)C4)c(C)c(n3n2)N(C)CCCCCOc2ccccc2C(=O)N1C. The largest absolute Gasteiger partial charge is 0.493 e. The lowest BCUT2D eigenvalue weighted by atomic mass is 10.1. The zero-order valence-electron chi connectivity index (χ0n) is 23.4. The van der Waals surface area contributed by atoms with E-state index in [1.165, 1.54) is 0 Å². The van der Waals surface area contributed by atoms with Crippen molar-refractivity contribution in [1.82, 2.24) is 24.8 Å². The number of nitrogens with zero attached hydrogens (tertiary/aromatic N) is 6. The molecule has 1 fully saturated rings. The zero-order chi connectivity index (χ0) is 26.8. The summed E-state index contributed by atoms with van der Waals surface area (Å²) in [6.07, 6.45) is 4.86. The highest BCUT2D eigenvalue weighted by atomic mass is 16.5. The minimum Gasteiger partial charge on any atom is -0.493 e. The van der Waals surface area contributed by atoms with E-state index in [-0.39, 0.29) is 11.9 Å². The Morgan fingerprint density at radius 1 is 1.13 bits per heavy atom. The standard InChI is InChI=1S/C29H41N7O2/c1-6-24-23-18-26-31-27(35-16-14-21(19-35)30-3)20(2)28(36(26)32-23)33(4)15-10-7-11-17-38-25-13-9-8-12-22(25)29(37)34(24)5/h8-9,12-13,18,21,24,30H,6-7,10-11,14-17,19H2,1-5H3/t21-,24?/m0/s1. The first-order valence-corrected chi connectivity index (χ1v) is 14.0. The second-order valence-electron chi connectivity index (χ2n) is 10.6. The van der Waals surface area contributed by atoms with Crippen LogP contribution in [-0.2, 0) is 0 Å². The van der Waals surface area contributed by atoms with Crippen LogP contribution in [0.5, 0.6) is 5.75 Å². The molecule has 2 aliphatic heterocycles. The minimum atomic E-state index is -0.187. The van der Waals surface area contributed by atoms with Gasteiger partial charge in [-0.2, -0.15) is 9.61 Å². The molecule has 204 valence electrons. The highest BCUT2D eigenvalue weighted by Gasteiger charge is 2.30. The molecule has 2 atom stereocenters. The third-order valence-electron chi connectivity index (χ3n) is 8.09. The Morgan fingerprint density at radius 2 is 1.95 bits per heavy atom. The third-order valence-corrected chi connectivity index (χ3v) is 8.09. The Hall–Kier alpha value is -3.33. The number of hydrogen-bond donors (Lipinski definition) is 1. The first-order chi connectivity index (χ1) is 18.4. The van der Waals surface area contributed by atoms with Gasteiger partial charge in [0.25, 0.3) is 5.91 Å². The van der Waals surface area contributed by atoms with Crippen molar-refractivity contribution in [2.75, 3.05) is 57.2 Å². The normalized spacial score (nSPS) is 21.3. The van der Waals surface area contributed by atoms with Crippen LogP contribution >= 0.6 is 0 Å². The van der Waals surface area contributed by atoms with Gasteiger partial charge in [0, 0.05) is 51.4 Å². The molecular weight excluding hydrogens is 478 g/mol. The highest BCUT2D eigenvalue weighted by molar-refractivity contribution is 5.97. The van der Waals surface area contributed by atoms with Gasteiger partial charge < -0.3 is 24.8 Å². The Morgan fingerprint density at radius 3 is 2.71 bits per heavy atom. The average Bonchev–Trinajstić information content (AvgIpc) is 3.57. The van der Waals surface area contributed by atoms with E-state index in [0.29, 0.717) is 24.0 Å². The van der Waals surface area contributed by atoms with Crippen molar-refractivity contribution in [3.05, 3.63) is 47.2 Å². The summed E-state index contributed by atoms with van der Waals surface area (Å²) in [5.74, 6) is 2.69. The van der Waals surface area contributed by atoms with Gasteiger partial charge in [0.1, 0.15) is 17.4 Å². The van der Waals surface area contributed by atoms with Crippen molar-refractivity contribution < 1.29 is 9.53 Å². The van der Waals surface area contributed by atoms with E-state index in [9.17, 15) is 4.79 Å². The number of aromatic nitrogens is 3. The van der Waals surface area contributed by atoms with Crippen LogP contribution in [0.1, 0.15) is 66.7 Å². The van der Waals surface area contributed by atoms with Gasteiger partial charge in [0.2, 0.25) is 0 Å². The molecular formula is C29H41N7O2. The van der Waals surface area contributed by atoms with Gasteiger partial charge in [-0.05, 0) is 58.2 Å². The molecule has 1 N–H and O–H groups in total. The molecule has 0 saturated carbocycles. The monoisotopic (exact) mass is 519 g/mol. The summed E-state index contributed by atoms with van der Waals surface area (Å²) in [5, 5.41) is 8.50. The fourth-order valence-electron chi connectivity index (χ4n) is 5.88. The topological polar surface area (TPSA) is 78.2 Å². The number of rotatable bonds is 3. The predicted octanol–water partition coefficient (Wildman–Crippen LogP) is 4.06. The number of hydrogen-bond acceptors (Lipinski definition) is 7. The van der Waals surface area contributed by atoms with Gasteiger partial charge in [-0.1, -0.05) is 19.1 Å². The number of anilines is 2. The van der Waals surface area contributed by atoms with E-state index in [2.05, 4.69) is 42.1 Å². The van der Waals surface area contributed by atoms with Crippen LogP contribution in [0.4, 0.5) is 11.6 Å². The number of ether oxygens (including phenoxy) is 1. The van der Waals surface area contributed by atoms with Crippen molar-refractivity contribution in [2.45, 2.75) is 58.0 Å². The summed E-state index contributed by atoms with van der Waals surface area (Å²) in [7, 11) is 6.04. The number of para-hydroxylation sites is 1. The van der Waals surface area contributed by atoms with E-state index in [1.807, 2.05) is 42.9 Å².